The number of allylic oxidation sites excluding steroid dienone is 4. The summed E-state index contributed by atoms with van der Waals surface area (Å²) in [6, 6.07) is 0. The molecule has 0 heterocycles. The van der Waals surface area contributed by atoms with E-state index in [0.29, 0.717) is 0 Å². The molecule has 0 unspecified atom stereocenters. The van der Waals surface area contributed by atoms with E-state index in [1.54, 1.807) is 5.57 Å². The second-order valence-corrected chi connectivity index (χ2v) is 2.64. The van der Waals surface area contributed by atoms with Crippen molar-refractivity contribution in [2.24, 2.45) is 0 Å². The molecule has 0 saturated heterocycles. The average Bonchev–Trinajstić information content (AvgIpc) is 2.01. The normalized spacial score (nSPS) is 17.3. The van der Waals surface area contributed by atoms with Crippen LogP contribution in [0.5, 0.6) is 0 Å². The monoisotopic (exact) mass is 263 g/mol. The molecular weight excluding hydrogens is 250 g/mol. The summed E-state index contributed by atoms with van der Waals surface area (Å²) in [5.74, 6) is 0. The van der Waals surface area contributed by atoms with Crippen LogP contribution in [-0.4, -0.2) is 0 Å². The fourth-order valence-corrected chi connectivity index (χ4v) is 1.07. The fraction of sp³-hybridized carbons (Fsp3) is 0.556. The SMILES string of the molecule is CC1=CCCC=CCC1.[Cl][Pd]. The molecule has 11 heavy (non-hydrogen) atoms. The minimum atomic E-state index is 1.23. The van der Waals surface area contributed by atoms with Crippen LogP contribution in [0.3, 0.4) is 0 Å². The van der Waals surface area contributed by atoms with E-state index in [1.165, 1.54) is 25.7 Å². The van der Waals surface area contributed by atoms with Crippen molar-refractivity contribution in [2.75, 3.05) is 0 Å². The third-order valence-electron chi connectivity index (χ3n) is 1.70. The van der Waals surface area contributed by atoms with E-state index < -0.39 is 0 Å². The van der Waals surface area contributed by atoms with Gasteiger partial charge < -0.3 is 0 Å². The van der Waals surface area contributed by atoms with Crippen molar-refractivity contribution in [1.82, 2.24) is 0 Å². The Morgan fingerprint density at radius 1 is 1.18 bits per heavy atom. The molecular formula is C9H14ClPd. The van der Waals surface area contributed by atoms with Gasteiger partial charge in [0.05, 0.1) is 0 Å². The van der Waals surface area contributed by atoms with E-state index in [4.69, 9.17) is 0 Å². The molecule has 0 aromatic rings. The minimum absolute atomic E-state index is 1.23. The Morgan fingerprint density at radius 2 is 1.82 bits per heavy atom. The molecule has 1 rings (SSSR count). The molecule has 2 heteroatoms. The summed E-state index contributed by atoms with van der Waals surface area (Å²) in [6.45, 7) is 2.22. The zero-order valence-corrected chi connectivity index (χ0v) is 9.07. The predicted molar refractivity (Wildman–Crippen MR) is 47.2 cm³/mol. The molecule has 0 fully saturated rings. The van der Waals surface area contributed by atoms with Crippen LogP contribution in [-0.2, 0) is 18.2 Å². The van der Waals surface area contributed by atoms with Crippen LogP contribution in [0, 0.1) is 0 Å². The summed E-state index contributed by atoms with van der Waals surface area (Å²) in [5.41, 5.74) is 1.55. The van der Waals surface area contributed by atoms with Gasteiger partial charge in [0.2, 0.25) is 0 Å². The Morgan fingerprint density at radius 3 is 2.55 bits per heavy atom. The maximum atomic E-state index is 4.49. The molecule has 0 nitrogen and oxygen atoms in total. The third-order valence-corrected chi connectivity index (χ3v) is 1.70. The quantitative estimate of drug-likeness (QED) is 0.461. The van der Waals surface area contributed by atoms with Gasteiger partial charge in [-0.3, -0.25) is 0 Å². The number of halogens is 1. The Hall–Kier alpha value is 0.432. The van der Waals surface area contributed by atoms with Crippen LogP contribution in [0.15, 0.2) is 23.8 Å². The van der Waals surface area contributed by atoms with Crippen molar-refractivity contribution in [1.29, 1.82) is 0 Å². The summed E-state index contributed by atoms with van der Waals surface area (Å²) in [4.78, 5) is 0. The van der Waals surface area contributed by atoms with Crippen molar-refractivity contribution < 1.29 is 18.2 Å². The standard InChI is InChI=1S/C9H14.ClH.Pd/c1-9-7-5-3-2-4-6-8-9;;/h2-3,8H,4-7H2,1H3;1H;/q;;+1/p-1. The first-order valence-electron chi connectivity index (χ1n) is 3.82. The van der Waals surface area contributed by atoms with Crippen molar-refractivity contribution >= 4 is 9.53 Å². The molecule has 0 N–H and O–H groups in total. The van der Waals surface area contributed by atoms with Gasteiger partial charge in [0.25, 0.3) is 0 Å². The first-order chi connectivity index (χ1) is 5.39. The fourth-order valence-electron chi connectivity index (χ4n) is 1.07. The Balaban J connectivity index is 0.000000461. The summed E-state index contributed by atoms with van der Waals surface area (Å²) in [5, 5.41) is 0. The Labute approximate surface area is 84.1 Å². The molecule has 0 saturated carbocycles. The van der Waals surface area contributed by atoms with Crippen LogP contribution in [0.25, 0.3) is 0 Å². The van der Waals surface area contributed by atoms with Crippen LogP contribution < -0.4 is 0 Å². The van der Waals surface area contributed by atoms with Gasteiger partial charge in [-0.05, 0) is 32.6 Å². The van der Waals surface area contributed by atoms with Gasteiger partial charge in [-0.15, -0.1) is 0 Å². The van der Waals surface area contributed by atoms with E-state index in [9.17, 15) is 0 Å². The van der Waals surface area contributed by atoms with E-state index in [2.05, 4.69) is 52.9 Å². The molecule has 0 atom stereocenters. The van der Waals surface area contributed by atoms with Crippen molar-refractivity contribution in [3.05, 3.63) is 23.8 Å². The van der Waals surface area contributed by atoms with Crippen LogP contribution in [0.1, 0.15) is 32.6 Å². The number of rotatable bonds is 0. The predicted octanol–water partition coefficient (Wildman–Crippen LogP) is 3.75. The molecule has 0 aromatic heterocycles. The topological polar surface area (TPSA) is 0 Å². The van der Waals surface area contributed by atoms with Gasteiger partial charge in [0.15, 0.2) is 0 Å². The molecule has 0 aliphatic heterocycles. The van der Waals surface area contributed by atoms with Crippen LogP contribution in [0.4, 0.5) is 0 Å². The molecule has 0 spiro atoms. The first-order valence-corrected chi connectivity index (χ1v) is 5.82. The maximum absolute atomic E-state index is 4.49. The van der Waals surface area contributed by atoms with Gasteiger partial charge in [-0.2, -0.15) is 0 Å². The first kappa shape index (κ1) is 11.4. The molecule has 67 valence electrons. The molecule has 0 aromatic carbocycles. The van der Waals surface area contributed by atoms with E-state index in [1.807, 2.05) is 0 Å². The van der Waals surface area contributed by atoms with E-state index >= 15 is 0 Å². The Kier molecular flexibility index (Phi) is 8.86. The third kappa shape index (κ3) is 6.82. The zero-order valence-electron chi connectivity index (χ0n) is 6.75. The summed E-state index contributed by atoms with van der Waals surface area (Å²) in [6.07, 6.45) is 11.9. The molecule has 0 amide bonds. The van der Waals surface area contributed by atoms with Crippen LogP contribution in [0.2, 0.25) is 0 Å². The van der Waals surface area contributed by atoms with E-state index in [-0.39, 0.29) is 0 Å². The molecule has 1 aliphatic carbocycles. The molecule has 0 bridgehead atoms. The second-order valence-electron chi connectivity index (χ2n) is 2.64. The van der Waals surface area contributed by atoms with Crippen LogP contribution >= 0.6 is 9.53 Å². The van der Waals surface area contributed by atoms with Crippen molar-refractivity contribution in [2.45, 2.75) is 32.6 Å². The van der Waals surface area contributed by atoms with Crippen molar-refractivity contribution in [3.8, 4) is 0 Å². The number of hydrogen-bond acceptors (Lipinski definition) is 0. The van der Waals surface area contributed by atoms with Gasteiger partial charge in [-0.1, -0.05) is 23.8 Å². The number of hydrogen-bond donors (Lipinski definition) is 0. The average molecular weight is 264 g/mol. The summed E-state index contributed by atoms with van der Waals surface area (Å²) in [7, 11) is 4.49. The van der Waals surface area contributed by atoms with Crippen molar-refractivity contribution in [3.63, 3.8) is 0 Å². The second kappa shape index (κ2) is 8.53. The molecule has 1 aliphatic rings. The van der Waals surface area contributed by atoms with Gasteiger partial charge >= 0.3 is 27.7 Å². The van der Waals surface area contributed by atoms with Gasteiger partial charge in [0.1, 0.15) is 0 Å². The zero-order chi connectivity index (χ0) is 8.53. The van der Waals surface area contributed by atoms with Gasteiger partial charge in [-0.25, -0.2) is 0 Å². The molecule has 0 radical (unpaired) electrons. The Bertz CT molecular complexity index is 138. The summed E-state index contributed by atoms with van der Waals surface area (Å²) >= 11 is 2.22. The van der Waals surface area contributed by atoms with Gasteiger partial charge in [0, 0.05) is 0 Å². The summed E-state index contributed by atoms with van der Waals surface area (Å²) < 4.78 is 0. The van der Waals surface area contributed by atoms with E-state index in [0.717, 1.165) is 0 Å².